The van der Waals surface area contributed by atoms with E-state index in [9.17, 15) is 9.59 Å². The Bertz CT molecular complexity index is 539. The molecule has 0 spiro atoms. The minimum atomic E-state index is -0.291. The summed E-state index contributed by atoms with van der Waals surface area (Å²) in [6.45, 7) is 5.86. The molecule has 1 saturated heterocycles. The summed E-state index contributed by atoms with van der Waals surface area (Å²) in [5.74, 6) is -0.0512. The molecule has 0 radical (unpaired) electrons. The van der Waals surface area contributed by atoms with Crippen molar-refractivity contribution in [3.8, 4) is 0 Å². The number of benzene rings is 1. The minimum Gasteiger partial charge on any atom is -0.349 e. The van der Waals surface area contributed by atoms with Crippen LogP contribution in [0.15, 0.2) is 28.7 Å². The highest BCUT2D eigenvalue weighted by Gasteiger charge is 2.26. The zero-order valence-electron chi connectivity index (χ0n) is 13.3. The molecule has 1 aliphatic rings. The number of carbonyl (C=O) groups excluding carboxylic acids is 2. The lowest BCUT2D eigenvalue weighted by molar-refractivity contribution is -0.134. The molecule has 23 heavy (non-hydrogen) atoms. The van der Waals surface area contributed by atoms with E-state index in [4.69, 9.17) is 0 Å². The van der Waals surface area contributed by atoms with Gasteiger partial charge < -0.3 is 15.5 Å². The number of rotatable bonds is 4. The Morgan fingerprint density at radius 1 is 1.39 bits per heavy atom. The lowest BCUT2D eigenvalue weighted by atomic mass is 10.0. The first-order chi connectivity index (χ1) is 10.5. The molecular formula is C16H23BrClN3O2. The van der Waals surface area contributed by atoms with Gasteiger partial charge in [0.05, 0.1) is 12.5 Å². The number of halogens is 2. The third-order valence-electron chi connectivity index (χ3n) is 3.85. The van der Waals surface area contributed by atoms with Crippen molar-refractivity contribution in [1.82, 2.24) is 15.5 Å². The highest BCUT2D eigenvalue weighted by molar-refractivity contribution is 9.10. The number of nitrogens with zero attached hydrogens (tertiary/aromatic N) is 1. The Labute approximate surface area is 151 Å². The van der Waals surface area contributed by atoms with Crippen molar-refractivity contribution < 1.29 is 9.59 Å². The van der Waals surface area contributed by atoms with E-state index in [2.05, 4.69) is 26.6 Å². The van der Waals surface area contributed by atoms with E-state index >= 15 is 0 Å². The van der Waals surface area contributed by atoms with Crippen LogP contribution >= 0.6 is 28.3 Å². The van der Waals surface area contributed by atoms with Gasteiger partial charge in [-0.1, -0.05) is 28.1 Å². The molecular weight excluding hydrogens is 382 g/mol. The Balaban J connectivity index is 0.00000264. The van der Waals surface area contributed by atoms with E-state index < -0.39 is 0 Å². The SMILES string of the molecule is CC(=O)NC(CC(=O)N1CCNC[C@H]1C)c1ccc(Br)cc1.Cl. The highest BCUT2D eigenvalue weighted by atomic mass is 79.9. The normalized spacial score (nSPS) is 18.7. The molecule has 0 aliphatic carbocycles. The third kappa shape index (κ3) is 5.79. The summed E-state index contributed by atoms with van der Waals surface area (Å²) in [5.41, 5.74) is 0.939. The highest BCUT2D eigenvalue weighted by Crippen LogP contribution is 2.21. The summed E-state index contributed by atoms with van der Waals surface area (Å²) in [6.07, 6.45) is 0.283. The zero-order chi connectivity index (χ0) is 16.1. The van der Waals surface area contributed by atoms with Gasteiger partial charge in [0, 0.05) is 37.1 Å². The second-order valence-electron chi connectivity index (χ2n) is 5.65. The van der Waals surface area contributed by atoms with Gasteiger partial charge in [0.25, 0.3) is 0 Å². The van der Waals surface area contributed by atoms with Crippen molar-refractivity contribution in [3.05, 3.63) is 34.3 Å². The fourth-order valence-corrected chi connectivity index (χ4v) is 2.96. The smallest absolute Gasteiger partial charge is 0.225 e. The van der Waals surface area contributed by atoms with Crippen LogP contribution in [0.25, 0.3) is 0 Å². The maximum atomic E-state index is 12.6. The Kier molecular flexibility index (Phi) is 8.02. The van der Waals surface area contributed by atoms with Gasteiger partial charge in [0.2, 0.25) is 11.8 Å². The van der Waals surface area contributed by atoms with Crippen molar-refractivity contribution in [2.45, 2.75) is 32.4 Å². The van der Waals surface area contributed by atoms with Gasteiger partial charge >= 0.3 is 0 Å². The van der Waals surface area contributed by atoms with Gasteiger partial charge in [0.15, 0.2) is 0 Å². The first-order valence-corrected chi connectivity index (χ1v) is 8.29. The van der Waals surface area contributed by atoms with Gasteiger partial charge in [-0.05, 0) is 24.6 Å². The first-order valence-electron chi connectivity index (χ1n) is 7.50. The van der Waals surface area contributed by atoms with Crippen LogP contribution in [0.1, 0.15) is 31.9 Å². The largest absolute Gasteiger partial charge is 0.349 e. The van der Waals surface area contributed by atoms with Crippen LogP contribution in [0.5, 0.6) is 0 Å². The van der Waals surface area contributed by atoms with E-state index in [-0.39, 0.29) is 42.7 Å². The third-order valence-corrected chi connectivity index (χ3v) is 4.38. The molecule has 0 aromatic heterocycles. The lowest BCUT2D eigenvalue weighted by Crippen LogP contribution is -2.52. The average Bonchev–Trinajstić information content (AvgIpc) is 2.47. The van der Waals surface area contributed by atoms with Crippen LogP contribution in [-0.4, -0.2) is 42.4 Å². The summed E-state index contributed by atoms with van der Waals surface area (Å²) < 4.78 is 0.972. The van der Waals surface area contributed by atoms with E-state index in [0.717, 1.165) is 23.1 Å². The van der Waals surface area contributed by atoms with Crippen LogP contribution in [0, 0.1) is 0 Å². The van der Waals surface area contributed by atoms with Gasteiger partial charge in [0.1, 0.15) is 0 Å². The van der Waals surface area contributed by atoms with Crippen molar-refractivity contribution in [2.75, 3.05) is 19.6 Å². The number of amides is 2. The monoisotopic (exact) mass is 403 g/mol. The van der Waals surface area contributed by atoms with Gasteiger partial charge in [-0.25, -0.2) is 0 Å². The standard InChI is InChI=1S/C16H22BrN3O2.ClH/c1-11-10-18-7-8-20(11)16(22)9-15(19-12(2)21)13-3-5-14(17)6-4-13;/h3-6,11,15,18H,7-10H2,1-2H3,(H,19,21);1H/t11-,15?;/m1./s1. The number of nitrogens with one attached hydrogen (secondary N) is 2. The van der Waals surface area contributed by atoms with E-state index in [1.54, 1.807) is 0 Å². The zero-order valence-corrected chi connectivity index (χ0v) is 15.7. The first kappa shape index (κ1) is 19.9. The van der Waals surface area contributed by atoms with Crippen LogP contribution < -0.4 is 10.6 Å². The number of carbonyl (C=O) groups is 2. The van der Waals surface area contributed by atoms with Gasteiger partial charge in [-0.3, -0.25) is 9.59 Å². The molecule has 128 valence electrons. The Morgan fingerprint density at radius 3 is 2.61 bits per heavy atom. The Morgan fingerprint density at radius 2 is 2.04 bits per heavy atom. The number of hydrogen-bond donors (Lipinski definition) is 2. The molecule has 1 aliphatic heterocycles. The van der Waals surface area contributed by atoms with E-state index in [1.165, 1.54) is 6.92 Å². The second kappa shape index (κ2) is 9.25. The van der Waals surface area contributed by atoms with Crippen molar-refractivity contribution >= 4 is 40.2 Å². The summed E-state index contributed by atoms with van der Waals surface area (Å²) in [5, 5.41) is 6.16. The molecule has 1 aromatic rings. The maximum absolute atomic E-state index is 12.6. The molecule has 2 N–H and O–H groups in total. The fourth-order valence-electron chi connectivity index (χ4n) is 2.70. The second-order valence-corrected chi connectivity index (χ2v) is 6.56. The van der Waals surface area contributed by atoms with E-state index in [0.29, 0.717) is 6.54 Å². The summed E-state index contributed by atoms with van der Waals surface area (Å²) in [7, 11) is 0. The van der Waals surface area contributed by atoms with Crippen LogP contribution in [-0.2, 0) is 9.59 Å². The predicted octanol–water partition coefficient (Wildman–Crippen LogP) is 2.26. The molecule has 1 aromatic carbocycles. The molecule has 0 bridgehead atoms. The summed E-state index contributed by atoms with van der Waals surface area (Å²) in [4.78, 5) is 25.9. The number of hydrogen-bond acceptors (Lipinski definition) is 3. The van der Waals surface area contributed by atoms with Gasteiger partial charge in [-0.15, -0.1) is 12.4 Å². The number of piperazine rings is 1. The molecule has 1 fully saturated rings. The van der Waals surface area contributed by atoms with Crippen LogP contribution in [0.4, 0.5) is 0 Å². The Hall–Kier alpha value is -1.11. The van der Waals surface area contributed by atoms with Crippen molar-refractivity contribution in [2.24, 2.45) is 0 Å². The predicted molar refractivity (Wildman–Crippen MR) is 96.6 cm³/mol. The van der Waals surface area contributed by atoms with Crippen LogP contribution in [0.3, 0.4) is 0 Å². The van der Waals surface area contributed by atoms with Crippen molar-refractivity contribution in [3.63, 3.8) is 0 Å². The van der Waals surface area contributed by atoms with E-state index in [1.807, 2.05) is 36.1 Å². The molecule has 0 saturated carbocycles. The molecule has 1 unspecified atom stereocenters. The molecule has 1 heterocycles. The summed E-state index contributed by atoms with van der Waals surface area (Å²) >= 11 is 3.40. The maximum Gasteiger partial charge on any atom is 0.225 e. The lowest BCUT2D eigenvalue weighted by Gasteiger charge is -2.35. The molecule has 7 heteroatoms. The fraction of sp³-hybridized carbons (Fsp3) is 0.500. The summed E-state index contributed by atoms with van der Waals surface area (Å²) in [6, 6.07) is 7.59. The molecule has 2 amide bonds. The molecule has 5 nitrogen and oxygen atoms in total. The molecule has 2 atom stereocenters. The average molecular weight is 405 g/mol. The minimum absolute atomic E-state index is 0. The van der Waals surface area contributed by atoms with Crippen LogP contribution in [0.2, 0.25) is 0 Å². The van der Waals surface area contributed by atoms with Crippen molar-refractivity contribution in [1.29, 1.82) is 0 Å². The van der Waals surface area contributed by atoms with Gasteiger partial charge in [-0.2, -0.15) is 0 Å². The molecule has 2 rings (SSSR count). The topological polar surface area (TPSA) is 61.4 Å². The quantitative estimate of drug-likeness (QED) is 0.809.